The maximum absolute atomic E-state index is 13.1. The molecule has 4 aliphatic carbocycles. The standard InChI is InChI=1S/C22H29NO6/c1-11-16(19(25)28-4)12(2)23-17(11)18(24)13(3)29-20(26)21-6-14-5-15(7-21)9-22(27,8-14)10-21/h13-15,23,27H,5-10H2,1-4H3/t13-,14+,15+,21?,22?/m0/s1. The number of aryl methyl sites for hydroxylation is 1. The number of carbonyl (C=O) groups excluding carboxylic acids is 3. The largest absolute Gasteiger partial charge is 0.465 e. The number of carbonyl (C=O) groups is 3. The molecule has 0 amide bonds. The average molecular weight is 403 g/mol. The highest BCUT2D eigenvalue weighted by molar-refractivity contribution is 6.04. The molecule has 0 aromatic carbocycles. The van der Waals surface area contributed by atoms with Crippen LogP contribution in [0, 0.1) is 31.1 Å². The summed E-state index contributed by atoms with van der Waals surface area (Å²) >= 11 is 0. The normalized spacial score (nSPS) is 33.4. The molecule has 0 spiro atoms. The lowest BCUT2D eigenvalue weighted by Crippen LogP contribution is -2.58. The number of hydrogen-bond donors (Lipinski definition) is 2. The van der Waals surface area contributed by atoms with E-state index in [-0.39, 0.29) is 17.4 Å². The molecule has 5 rings (SSSR count). The molecule has 158 valence electrons. The van der Waals surface area contributed by atoms with Crippen molar-refractivity contribution >= 4 is 17.7 Å². The molecule has 0 aliphatic heterocycles. The van der Waals surface area contributed by atoms with Crippen LogP contribution in [-0.4, -0.2) is 46.6 Å². The van der Waals surface area contributed by atoms with Crippen molar-refractivity contribution in [3.63, 3.8) is 0 Å². The number of aromatic amines is 1. The molecule has 0 unspecified atom stereocenters. The number of aliphatic hydroxyl groups is 1. The maximum Gasteiger partial charge on any atom is 0.339 e. The fourth-order valence-corrected chi connectivity index (χ4v) is 6.40. The number of ether oxygens (including phenoxy) is 2. The van der Waals surface area contributed by atoms with Gasteiger partial charge in [-0.15, -0.1) is 0 Å². The van der Waals surface area contributed by atoms with Crippen LogP contribution in [0.25, 0.3) is 0 Å². The quantitative estimate of drug-likeness (QED) is 0.578. The molecule has 0 radical (unpaired) electrons. The summed E-state index contributed by atoms with van der Waals surface area (Å²) in [5.74, 6) is -0.550. The van der Waals surface area contributed by atoms with Crippen LogP contribution >= 0.6 is 0 Å². The second-order valence-electron chi connectivity index (χ2n) is 9.49. The Morgan fingerprint density at radius 1 is 1.14 bits per heavy atom. The van der Waals surface area contributed by atoms with Crippen molar-refractivity contribution in [2.75, 3.05) is 7.11 Å². The lowest BCUT2D eigenvalue weighted by Gasteiger charge is -2.58. The van der Waals surface area contributed by atoms with Crippen molar-refractivity contribution in [1.82, 2.24) is 4.98 Å². The fourth-order valence-electron chi connectivity index (χ4n) is 6.40. The lowest BCUT2D eigenvalue weighted by atomic mass is 9.48. The predicted octanol–water partition coefficient (Wildman–Crippen LogP) is 2.86. The van der Waals surface area contributed by atoms with E-state index in [0.29, 0.717) is 35.1 Å². The van der Waals surface area contributed by atoms with Crippen LogP contribution in [0.3, 0.4) is 0 Å². The van der Waals surface area contributed by atoms with Crippen molar-refractivity contribution in [1.29, 1.82) is 0 Å². The molecule has 7 nitrogen and oxygen atoms in total. The van der Waals surface area contributed by atoms with Gasteiger partial charge in [0.15, 0.2) is 6.10 Å². The molecule has 1 aromatic heterocycles. The van der Waals surface area contributed by atoms with Crippen molar-refractivity contribution < 1.29 is 29.0 Å². The van der Waals surface area contributed by atoms with E-state index < -0.39 is 23.1 Å². The number of H-pyrrole nitrogens is 1. The molecular weight excluding hydrogens is 374 g/mol. The molecule has 4 bridgehead atoms. The Kier molecular flexibility index (Phi) is 4.64. The van der Waals surface area contributed by atoms with Gasteiger partial charge in [0.25, 0.3) is 0 Å². The Morgan fingerprint density at radius 2 is 1.76 bits per heavy atom. The number of esters is 2. The van der Waals surface area contributed by atoms with Gasteiger partial charge in [0.1, 0.15) is 0 Å². The Labute approximate surface area is 170 Å². The van der Waals surface area contributed by atoms with Crippen LogP contribution in [0.1, 0.15) is 77.6 Å². The summed E-state index contributed by atoms with van der Waals surface area (Å²) in [6.07, 6.45) is 3.53. The second kappa shape index (κ2) is 6.69. The maximum atomic E-state index is 13.1. The third kappa shape index (κ3) is 3.19. The molecular formula is C22H29NO6. The van der Waals surface area contributed by atoms with Crippen LogP contribution in [0.15, 0.2) is 0 Å². The molecule has 29 heavy (non-hydrogen) atoms. The van der Waals surface area contributed by atoms with Crippen LogP contribution in [0.5, 0.6) is 0 Å². The summed E-state index contributed by atoms with van der Waals surface area (Å²) < 4.78 is 10.4. The van der Waals surface area contributed by atoms with E-state index in [2.05, 4.69) is 4.98 Å². The van der Waals surface area contributed by atoms with Gasteiger partial charge in [-0.2, -0.15) is 0 Å². The summed E-state index contributed by atoms with van der Waals surface area (Å²) in [7, 11) is 1.29. The summed E-state index contributed by atoms with van der Waals surface area (Å²) in [6, 6.07) is 0. The van der Waals surface area contributed by atoms with Gasteiger partial charge in [0.2, 0.25) is 5.78 Å². The summed E-state index contributed by atoms with van der Waals surface area (Å²) in [5.41, 5.74) is 0.181. The number of hydrogen-bond acceptors (Lipinski definition) is 6. The predicted molar refractivity (Wildman–Crippen MR) is 104 cm³/mol. The molecule has 0 saturated heterocycles. The fraction of sp³-hybridized carbons (Fsp3) is 0.682. The van der Waals surface area contributed by atoms with Crippen LogP contribution in [0.4, 0.5) is 0 Å². The number of Topliss-reactive ketones (excluding diaryl/α,β-unsaturated/α-hetero) is 1. The monoisotopic (exact) mass is 403 g/mol. The van der Waals surface area contributed by atoms with E-state index in [1.54, 1.807) is 20.8 Å². The van der Waals surface area contributed by atoms with Crippen molar-refractivity contribution in [3.05, 3.63) is 22.5 Å². The van der Waals surface area contributed by atoms with E-state index in [9.17, 15) is 19.5 Å². The molecule has 3 atom stereocenters. The molecule has 2 N–H and O–H groups in total. The number of methoxy groups -OCH3 is 1. The Hall–Kier alpha value is -2.15. The highest BCUT2D eigenvalue weighted by Crippen LogP contribution is 2.62. The Bertz CT molecular complexity index is 870. The minimum atomic E-state index is -0.979. The van der Waals surface area contributed by atoms with Gasteiger partial charge in [-0.3, -0.25) is 9.59 Å². The minimum Gasteiger partial charge on any atom is -0.465 e. The number of ketones is 1. The van der Waals surface area contributed by atoms with Gasteiger partial charge in [0, 0.05) is 5.69 Å². The van der Waals surface area contributed by atoms with Crippen LogP contribution in [0.2, 0.25) is 0 Å². The molecule has 4 fully saturated rings. The zero-order valence-corrected chi connectivity index (χ0v) is 17.5. The zero-order chi connectivity index (χ0) is 21.1. The van der Waals surface area contributed by atoms with Crippen LogP contribution < -0.4 is 0 Å². The van der Waals surface area contributed by atoms with Gasteiger partial charge >= 0.3 is 11.9 Å². The molecule has 1 heterocycles. The van der Waals surface area contributed by atoms with Crippen molar-refractivity contribution in [2.24, 2.45) is 17.3 Å². The van der Waals surface area contributed by atoms with Gasteiger partial charge < -0.3 is 19.6 Å². The molecule has 7 heteroatoms. The Morgan fingerprint density at radius 3 is 2.31 bits per heavy atom. The molecule has 4 saturated carbocycles. The highest BCUT2D eigenvalue weighted by Gasteiger charge is 2.61. The number of rotatable bonds is 5. The van der Waals surface area contributed by atoms with E-state index in [0.717, 1.165) is 32.1 Å². The molecule has 4 aliphatic rings. The summed E-state index contributed by atoms with van der Waals surface area (Å²) in [4.78, 5) is 41.0. The average Bonchev–Trinajstić information content (AvgIpc) is 2.92. The highest BCUT2D eigenvalue weighted by atomic mass is 16.5. The lowest BCUT2D eigenvalue weighted by molar-refractivity contribution is -0.198. The summed E-state index contributed by atoms with van der Waals surface area (Å²) in [6.45, 7) is 4.93. The SMILES string of the molecule is COC(=O)c1c(C)[nH]c(C(=O)[C@H](C)OC(=O)C23C[C@H]4C[C@@H](CC(O)(C4)C2)C3)c1C. The topological polar surface area (TPSA) is 106 Å². The van der Waals surface area contributed by atoms with E-state index >= 15 is 0 Å². The minimum absolute atomic E-state index is 0.257. The first kappa shape index (κ1) is 20.1. The van der Waals surface area contributed by atoms with E-state index in [4.69, 9.17) is 9.47 Å². The van der Waals surface area contributed by atoms with E-state index in [1.165, 1.54) is 7.11 Å². The molecule has 1 aromatic rings. The van der Waals surface area contributed by atoms with Gasteiger partial charge in [-0.25, -0.2) is 4.79 Å². The first-order valence-electron chi connectivity index (χ1n) is 10.3. The second-order valence-corrected chi connectivity index (χ2v) is 9.49. The Balaban J connectivity index is 1.51. The first-order valence-corrected chi connectivity index (χ1v) is 10.3. The van der Waals surface area contributed by atoms with Gasteiger partial charge in [0.05, 0.1) is 29.4 Å². The zero-order valence-electron chi connectivity index (χ0n) is 17.5. The third-order valence-corrected chi connectivity index (χ3v) is 7.19. The summed E-state index contributed by atoms with van der Waals surface area (Å²) in [5, 5.41) is 10.9. The van der Waals surface area contributed by atoms with Crippen molar-refractivity contribution in [3.8, 4) is 0 Å². The number of nitrogens with one attached hydrogen (secondary N) is 1. The smallest absolute Gasteiger partial charge is 0.339 e. The number of aromatic nitrogens is 1. The van der Waals surface area contributed by atoms with Gasteiger partial charge in [-0.1, -0.05) is 0 Å². The third-order valence-electron chi connectivity index (χ3n) is 7.19. The van der Waals surface area contributed by atoms with Crippen LogP contribution in [-0.2, 0) is 14.3 Å². The van der Waals surface area contributed by atoms with Crippen molar-refractivity contribution in [2.45, 2.75) is 71.0 Å². The van der Waals surface area contributed by atoms with E-state index in [1.807, 2.05) is 0 Å². The van der Waals surface area contributed by atoms with Gasteiger partial charge in [-0.05, 0) is 76.7 Å². The first-order chi connectivity index (χ1) is 13.6.